The summed E-state index contributed by atoms with van der Waals surface area (Å²) in [6.45, 7) is 2.37. The highest BCUT2D eigenvalue weighted by Crippen LogP contribution is 2.39. The zero-order valence-corrected chi connectivity index (χ0v) is 16.8. The van der Waals surface area contributed by atoms with E-state index in [1.165, 1.54) is 7.11 Å². The van der Waals surface area contributed by atoms with Crippen LogP contribution in [0.15, 0.2) is 48.5 Å². The molecule has 1 amide bonds. The molecule has 2 unspecified atom stereocenters. The number of para-hydroxylation sites is 2. The first-order valence-corrected chi connectivity index (χ1v) is 9.77. The van der Waals surface area contributed by atoms with Crippen molar-refractivity contribution in [2.24, 2.45) is 0 Å². The minimum atomic E-state index is -0.344. The van der Waals surface area contributed by atoms with E-state index in [1.54, 1.807) is 17.0 Å². The molecule has 1 aliphatic rings. The molecule has 2 atom stereocenters. The van der Waals surface area contributed by atoms with E-state index < -0.39 is 0 Å². The highest BCUT2D eigenvalue weighted by Gasteiger charge is 2.37. The van der Waals surface area contributed by atoms with Crippen molar-refractivity contribution < 1.29 is 19.1 Å². The van der Waals surface area contributed by atoms with Gasteiger partial charge >= 0.3 is 5.97 Å². The van der Waals surface area contributed by atoms with Crippen LogP contribution in [0.1, 0.15) is 37.7 Å². The van der Waals surface area contributed by atoms with Gasteiger partial charge in [-0.05, 0) is 43.5 Å². The van der Waals surface area contributed by atoms with Crippen molar-refractivity contribution in [2.75, 3.05) is 18.6 Å². The number of ether oxygens (including phenoxy) is 2. The van der Waals surface area contributed by atoms with Gasteiger partial charge in [0.1, 0.15) is 5.75 Å². The van der Waals surface area contributed by atoms with E-state index in [0.29, 0.717) is 36.6 Å². The first-order valence-electron chi connectivity index (χ1n) is 9.39. The van der Waals surface area contributed by atoms with Crippen molar-refractivity contribution in [1.29, 1.82) is 0 Å². The largest absolute Gasteiger partial charge is 0.492 e. The van der Waals surface area contributed by atoms with Crippen molar-refractivity contribution >= 4 is 29.2 Å². The summed E-state index contributed by atoms with van der Waals surface area (Å²) in [6, 6.07) is 14.7. The van der Waals surface area contributed by atoms with Crippen LogP contribution in [0.5, 0.6) is 5.75 Å². The Hall–Kier alpha value is -2.53. The Kier molecular flexibility index (Phi) is 6.57. The second-order valence-corrected chi connectivity index (χ2v) is 7.27. The van der Waals surface area contributed by atoms with Gasteiger partial charge in [0.05, 0.1) is 24.7 Å². The molecule has 0 fully saturated rings. The number of fused-ring (bicyclic) bond motifs is 1. The third kappa shape index (κ3) is 4.30. The molecule has 5 nitrogen and oxygen atoms in total. The Morgan fingerprint density at radius 3 is 2.61 bits per heavy atom. The van der Waals surface area contributed by atoms with Gasteiger partial charge in [0.15, 0.2) is 0 Å². The molecular formula is C22H24ClNO4. The maximum absolute atomic E-state index is 12.9. The molecule has 3 rings (SSSR count). The summed E-state index contributed by atoms with van der Waals surface area (Å²) in [7, 11) is 1.39. The Labute approximate surface area is 170 Å². The zero-order chi connectivity index (χ0) is 20.1. The van der Waals surface area contributed by atoms with Gasteiger partial charge < -0.3 is 14.4 Å². The Morgan fingerprint density at radius 1 is 1.14 bits per heavy atom. The molecule has 1 aliphatic heterocycles. The molecule has 2 aromatic carbocycles. The molecule has 0 saturated carbocycles. The lowest BCUT2D eigenvalue weighted by Crippen LogP contribution is -2.44. The predicted molar refractivity (Wildman–Crippen MR) is 109 cm³/mol. The average Bonchev–Trinajstić information content (AvgIpc) is 2.71. The average molecular weight is 402 g/mol. The van der Waals surface area contributed by atoms with Crippen LogP contribution in [0.4, 0.5) is 5.69 Å². The van der Waals surface area contributed by atoms with E-state index in [9.17, 15) is 9.59 Å². The quantitative estimate of drug-likeness (QED) is 0.525. The fourth-order valence-electron chi connectivity index (χ4n) is 3.65. The number of carbonyl (C=O) groups excluding carboxylic acids is 2. The van der Waals surface area contributed by atoms with Gasteiger partial charge in [-0.3, -0.25) is 9.59 Å². The lowest BCUT2D eigenvalue weighted by molar-refractivity contribution is -0.143. The van der Waals surface area contributed by atoms with Gasteiger partial charge in [0.2, 0.25) is 5.91 Å². The second kappa shape index (κ2) is 9.11. The van der Waals surface area contributed by atoms with Crippen molar-refractivity contribution in [3.8, 4) is 5.75 Å². The monoisotopic (exact) mass is 401 g/mol. The third-order valence-corrected chi connectivity index (χ3v) is 5.29. The van der Waals surface area contributed by atoms with Crippen molar-refractivity contribution in [1.82, 2.24) is 0 Å². The van der Waals surface area contributed by atoms with Crippen LogP contribution in [0.3, 0.4) is 0 Å². The third-order valence-electron chi connectivity index (χ3n) is 4.97. The molecule has 6 heteroatoms. The number of amides is 1. The molecule has 2 aromatic rings. The highest BCUT2D eigenvalue weighted by atomic mass is 35.5. The molecule has 0 aliphatic carbocycles. The Bertz CT molecular complexity index is 854. The molecule has 0 radical (unpaired) electrons. The van der Waals surface area contributed by atoms with Gasteiger partial charge in [-0.25, -0.2) is 0 Å². The zero-order valence-electron chi connectivity index (χ0n) is 16.1. The number of esters is 1. The van der Waals surface area contributed by atoms with E-state index in [1.807, 2.05) is 43.3 Å². The topological polar surface area (TPSA) is 55.8 Å². The summed E-state index contributed by atoms with van der Waals surface area (Å²) >= 11 is 6.08. The number of methoxy groups -OCH3 is 1. The number of anilines is 1. The number of carbonyl (C=O) groups is 2. The van der Waals surface area contributed by atoms with E-state index >= 15 is 0 Å². The van der Waals surface area contributed by atoms with E-state index in [4.69, 9.17) is 21.1 Å². The molecule has 148 valence electrons. The summed E-state index contributed by atoms with van der Waals surface area (Å²) < 4.78 is 10.6. The standard InChI is InChI=1S/C22H24ClNO4/c1-15-14-17(22(26)27-2)16-8-3-5-10-19(16)24(15)21(25)12-7-13-28-20-11-6-4-9-18(20)23/h3-6,8-11,15,17H,7,12-14H2,1-2H3. The molecule has 1 heterocycles. The second-order valence-electron chi connectivity index (χ2n) is 6.87. The Balaban J connectivity index is 1.66. The fraction of sp³-hybridized carbons (Fsp3) is 0.364. The minimum Gasteiger partial charge on any atom is -0.492 e. The number of hydrogen-bond acceptors (Lipinski definition) is 4. The first-order chi connectivity index (χ1) is 13.5. The summed E-state index contributed by atoms with van der Waals surface area (Å²) in [4.78, 5) is 26.9. The highest BCUT2D eigenvalue weighted by molar-refractivity contribution is 6.32. The van der Waals surface area contributed by atoms with E-state index in [0.717, 1.165) is 11.3 Å². The smallest absolute Gasteiger partial charge is 0.313 e. The maximum Gasteiger partial charge on any atom is 0.313 e. The number of rotatable bonds is 6. The van der Waals surface area contributed by atoms with Crippen LogP contribution in [0.2, 0.25) is 5.02 Å². The van der Waals surface area contributed by atoms with Crippen LogP contribution in [0, 0.1) is 0 Å². The van der Waals surface area contributed by atoms with E-state index in [2.05, 4.69) is 0 Å². The summed E-state index contributed by atoms with van der Waals surface area (Å²) in [6.07, 6.45) is 1.48. The van der Waals surface area contributed by atoms with Crippen molar-refractivity contribution in [3.63, 3.8) is 0 Å². The molecule has 0 spiro atoms. The van der Waals surface area contributed by atoms with Crippen molar-refractivity contribution in [3.05, 3.63) is 59.1 Å². The van der Waals surface area contributed by atoms with Gasteiger partial charge in [-0.15, -0.1) is 0 Å². The van der Waals surface area contributed by atoms with Gasteiger partial charge in [0, 0.05) is 18.2 Å². The van der Waals surface area contributed by atoms with Crippen LogP contribution in [-0.2, 0) is 14.3 Å². The van der Waals surface area contributed by atoms with Crippen LogP contribution < -0.4 is 9.64 Å². The van der Waals surface area contributed by atoms with E-state index in [-0.39, 0.29) is 23.8 Å². The molecular weight excluding hydrogens is 378 g/mol. The molecule has 0 N–H and O–H groups in total. The lowest BCUT2D eigenvalue weighted by Gasteiger charge is -2.38. The van der Waals surface area contributed by atoms with Gasteiger partial charge in [-0.1, -0.05) is 41.9 Å². The molecule has 28 heavy (non-hydrogen) atoms. The lowest BCUT2D eigenvalue weighted by atomic mass is 9.86. The summed E-state index contributed by atoms with van der Waals surface area (Å²) in [5.41, 5.74) is 1.63. The fourth-order valence-corrected chi connectivity index (χ4v) is 3.84. The summed E-state index contributed by atoms with van der Waals surface area (Å²) in [5.74, 6) is 0.0311. The summed E-state index contributed by atoms with van der Waals surface area (Å²) in [5, 5.41) is 0.557. The van der Waals surface area contributed by atoms with Crippen molar-refractivity contribution in [2.45, 2.75) is 38.1 Å². The molecule has 0 bridgehead atoms. The molecule has 0 aromatic heterocycles. The van der Waals surface area contributed by atoms with Crippen LogP contribution in [-0.4, -0.2) is 31.6 Å². The molecule has 0 saturated heterocycles. The first kappa shape index (κ1) is 20.2. The number of hydrogen-bond donors (Lipinski definition) is 0. The van der Waals surface area contributed by atoms with Gasteiger partial charge in [-0.2, -0.15) is 0 Å². The number of benzene rings is 2. The maximum atomic E-state index is 12.9. The SMILES string of the molecule is COC(=O)C1CC(C)N(C(=O)CCCOc2ccccc2Cl)c2ccccc21. The van der Waals surface area contributed by atoms with Crippen LogP contribution in [0.25, 0.3) is 0 Å². The number of halogens is 1. The Morgan fingerprint density at radius 2 is 1.86 bits per heavy atom. The van der Waals surface area contributed by atoms with Crippen LogP contribution >= 0.6 is 11.6 Å². The number of nitrogens with zero attached hydrogens (tertiary/aromatic N) is 1. The van der Waals surface area contributed by atoms with Gasteiger partial charge in [0.25, 0.3) is 0 Å². The normalized spacial score (nSPS) is 18.3. The minimum absolute atomic E-state index is 0.0195. The predicted octanol–water partition coefficient (Wildman–Crippen LogP) is 4.58.